The Morgan fingerprint density at radius 3 is 2.35 bits per heavy atom. The van der Waals surface area contributed by atoms with E-state index in [2.05, 4.69) is 36.3 Å². The molecule has 0 aromatic heterocycles. The van der Waals surface area contributed by atoms with Crippen LogP contribution < -0.4 is 10.6 Å². The third-order valence-electron chi connectivity index (χ3n) is 4.15. The van der Waals surface area contributed by atoms with E-state index in [1.54, 1.807) is 0 Å². The lowest BCUT2D eigenvalue weighted by atomic mass is 9.99. The Morgan fingerprint density at radius 1 is 1.26 bits per heavy atom. The zero-order valence-electron chi connectivity index (χ0n) is 15.9. The van der Waals surface area contributed by atoms with Gasteiger partial charge in [0, 0.05) is 18.6 Å². The summed E-state index contributed by atoms with van der Waals surface area (Å²) in [5.74, 6) is 0.601. The average molecular weight is 328 g/mol. The molecule has 5 heteroatoms. The lowest BCUT2D eigenvalue weighted by molar-refractivity contribution is 0.0518. The molecule has 1 aliphatic rings. The van der Waals surface area contributed by atoms with E-state index in [-0.39, 0.29) is 6.09 Å². The Morgan fingerprint density at radius 2 is 1.87 bits per heavy atom. The van der Waals surface area contributed by atoms with Crippen molar-refractivity contribution in [3.05, 3.63) is 0 Å². The predicted molar refractivity (Wildman–Crippen MR) is 95.8 cm³/mol. The topological polar surface area (TPSA) is 53.6 Å². The van der Waals surface area contributed by atoms with Gasteiger partial charge in [0.2, 0.25) is 0 Å². The molecule has 1 aliphatic heterocycles. The van der Waals surface area contributed by atoms with Crippen LogP contribution in [0.25, 0.3) is 0 Å². The van der Waals surface area contributed by atoms with E-state index < -0.39 is 5.60 Å². The SMILES string of the molecule is CCN1CCC(NC(CNC(=O)OC(C)(C)C)CC(C)C)CC1. The second-order valence-electron chi connectivity index (χ2n) is 8.08. The van der Waals surface area contributed by atoms with Crippen molar-refractivity contribution in [2.75, 3.05) is 26.2 Å². The highest BCUT2D eigenvalue weighted by molar-refractivity contribution is 5.67. The summed E-state index contributed by atoms with van der Waals surface area (Å²) in [7, 11) is 0. The molecule has 0 bridgehead atoms. The molecule has 0 radical (unpaired) electrons. The second kappa shape index (κ2) is 9.48. The van der Waals surface area contributed by atoms with E-state index >= 15 is 0 Å². The molecule has 23 heavy (non-hydrogen) atoms. The molecule has 136 valence electrons. The quantitative estimate of drug-likeness (QED) is 0.755. The molecule has 0 saturated carbocycles. The third-order valence-corrected chi connectivity index (χ3v) is 4.15. The average Bonchev–Trinajstić information content (AvgIpc) is 2.43. The highest BCUT2D eigenvalue weighted by atomic mass is 16.6. The number of rotatable bonds is 7. The Hall–Kier alpha value is -0.810. The number of hydrogen-bond donors (Lipinski definition) is 2. The third kappa shape index (κ3) is 9.16. The number of likely N-dealkylation sites (tertiary alicyclic amines) is 1. The van der Waals surface area contributed by atoms with Crippen molar-refractivity contribution in [3.8, 4) is 0 Å². The van der Waals surface area contributed by atoms with Crippen molar-refractivity contribution in [2.24, 2.45) is 5.92 Å². The number of carbonyl (C=O) groups excluding carboxylic acids is 1. The maximum atomic E-state index is 11.9. The van der Waals surface area contributed by atoms with Gasteiger partial charge in [-0.15, -0.1) is 0 Å². The van der Waals surface area contributed by atoms with E-state index in [4.69, 9.17) is 4.74 Å². The number of amides is 1. The van der Waals surface area contributed by atoms with Gasteiger partial charge in [-0.1, -0.05) is 20.8 Å². The number of nitrogens with one attached hydrogen (secondary N) is 2. The standard InChI is InChI=1S/C18H37N3O2/c1-7-21-10-8-15(9-11-21)20-16(12-14(2)3)13-19-17(22)23-18(4,5)6/h14-16,20H,7-13H2,1-6H3,(H,19,22). The van der Waals surface area contributed by atoms with Crippen molar-refractivity contribution >= 4 is 6.09 Å². The summed E-state index contributed by atoms with van der Waals surface area (Å²) < 4.78 is 5.33. The monoisotopic (exact) mass is 327 g/mol. The molecule has 0 aromatic carbocycles. The molecule has 1 atom stereocenters. The fourth-order valence-corrected chi connectivity index (χ4v) is 3.05. The van der Waals surface area contributed by atoms with Crippen LogP contribution in [0, 0.1) is 5.92 Å². The van der Waals surface area contributed by atoms with Crippen molar-refractivity contribution in [3.63, 3.8) is 0 Å². The normalized spacial score (nSPS) is 18.9. The minimum absolute atomic E-state index is 0.306. The Labute approximate surface area is 142 Å². The Bertz CT molecular complexity index is 345. The molecular formula is C18H37N3O2. The Kier molecular flexibility index (Phi) is 8.34. The smallest absolute Gasteiger partial charge is 0.407 e. The van der Waals surface area contributed by atoms with E-state index in [0.29, 0.717) is 24.5 Å². The molecule has 0 spiro atoms. The van der Waals surface area contributed by atoms with Gasteiger partial charge in [-0.25, -0.2) is 4.79 Å². The molecule has 5 nitrogen and oxygen atoms in total. The minimum atomic E-state index is -0.446. The van der Waals surface area contributed by atoms with Crippen LogP contribution in [0.2, 0.25) is 0 Å². The van der Waals surface area contributed by atoms with Crippen LogP contribution in [0.15, 0.2) is 0 Å². The molecule has 1 rings (SSSR count). The minimum Gasteiger partial charge on any atom is -0.444 e. The number of nitrogens with zero attached hydrogens (tertiary/aromatic N) is 1. The first kappa shape index (κ1) is 20.2. The molecule has 1 unspecified atom stereocenters. The lowest BCUT2D eigenvalue weighted by Crippen LogP contribution is -2.50. The van der Waals surface area contributed by atoms with Gasteiger partial charge in [-0.2, -0.15) is 0 Å². The molecule has 1 amide bonds. The number of alkyl carbamates (subject to hydrolysis) is 1. The zero-order valence-corrected chi connectivity index (χ0v) is 15.9. The molecular weight excluding hydrogens is 290 g/mol. The van der Waals surface area contributed by atoms with E-state index in [1.165, 1.54) is 25.9 Å². The maximum Gasteiger partial charge on any atom is 0.407 e. The van der Waals surface area contributed by atoms with Crippen molar-refractivity contribution in [1.82, 2.24) is 15.5 Å². The molecule has 0 aromatic rings. The van der Waals surface area contributed by atoms with Crippen molar-refractivity contribution < 1.29 is 9.53 Å². The fraction of sp³-hybridized carbons (Fsp3) is 0.944. The summed E-state index contributed by atoms with van der Waals surface area (Å²) in [5, 5.41) is 6.67. The van der Waals surface area contributed by atoms with Crippen LogP contribution in [0.5, 0.6) is 0 Å². The predicted octanol–water partition coefficient (Wildman–Crippen LogP) is 3.00. The van der Waals surface area contributed by atoms with Gasteiger partial charge in [-0.3, -0.25) is 0 Å². The summed E-state index contributed by atoms with van der Waals surface area (Å²) in [4.78, 5) is 14.3. The first-order chi connectivity index (χ1) is 10.7. The molecule has 1 heterocycles. The van der Waals surface area contributed by atoms with Crippen LogP contribution in [-0.2, 0) is 4.74 Å². The molecule has 1 saturated heterocycles. The van der Waals surface area contributed by atoms with E-state index in [9.17, 15) is 4.79 Å². The van der Waals surface area contributed by atoms with Gasteiger partial charge in [0.15, 0.2) is 0 Å². The summed E-state index contributed by atoms with van der Waals surface area (Å²) >= 11 is 0. The van der Waals surface area contributed by atoms with Gasteiger partial charge in [-0.05, 0) is 65.6 Å². The van der Waals surface area contributed by atoms with Crippen LogP contribution in [0.3, 0.4) is 0 Å². The first-order valence-electron chi connectivity index (χ1n) is 9.15. The van der Waals surface area contributed by atoms with Gasteiger partial charge in [0.1, 0.15) is 5.60 Å². The number of hydrogen-bond acceptors (Lipinski definition) is 4. The van der Waals surface area contributed by atoms with Gasteiger partial charge < -0.3 is 20.3 Å². The van der Waals surface area contributed by atoms with Gasteiger partial charge in [0.05, 0.1) is 0 Å². The number of ether oxygens (including phenoxy) is 1. The largest absolute Gasteiger partial charge is 0.444 e. The molecule has 1 fully saturated rings. The molecule has 2 N–H and O–H groups in total. The molecule has 0 aliphatic carbocycles. The fourth-order valence-electron chi connectivity index (χ4n) is 3.05. The van der Waals surface area contributed by atoms with Crippen LogP contribution in [-0.4, -0.2) is 54.9 Å². The summed E-state index contributed by atoms with van der Waals surface area (Å²) in [5.41, 5.74) is -0.446. The highest BCUT2D eigenvalue weighted by Crippen LogP contribution is 2.13. The lowest BCUT2D eigenvalue weighted by Gasteiger charge is -2.34. The van der Waals surface area contributed by atoms with Gasteiger partial charge >= 0.3 is 6.09 Å². The van der Waals surface area contributed by atoms with E-state index in [1.807, 2.05) is 20.8 Å². The van der Waals surface area contributed by atoms with E-state index in [0.717, 1.165) is 13.0 Å². The van der Waals surface area contributed by atoms with Crippen LogP contribution >= 0.6 is 0 Å². The van der Waals surface area contributed by atoms with Crippen molar-refractivity contribution in [2.45, 2.75) is 78.5 Å². The second-order valence-corrected chi connectivity index (χ2v) is 8.08. The summed E-state index contributed by atoms with van der Waals surface area (Å²) in [6, 6.07) is 0.864. The maximum absolute atomic E-state index is 11.9. The Balaban J connectivity index is 2.42. The van der Waals surface area contributed by atoms with Crippen LogP contribution in [0.4, 0.5) is 4.79 Å². The number of carbonyl (C=O) groups is 1. The van der Waals surface area contributed by atoms with Crippen molar-refractivity contribution in [1.29, 1.82) is 0 Å². The first-order valence-corrected chi connectivity index (χ1v) is 9.15. The summed E-state index contributed by atoms with van der Waals surface area (Å²) in [6.45, 7) is 16.4. The van der Waals surface area contributed by atoms with Gasteiger partial charge in [0.25, 0.3) is 0 Å². The highest BCUT2D eigenvalue weighted by Gasteiger charge is 2.23. The summed E-state index contributed by atoms with van der Waals surface area (Å²) in [6.07, 6.45) is 3.11. The zero-order chi connectivity index (χ0) is 17.5. The number of piperidine rings is 1. The van der Waals surface area contributed by atoms with Crippen LogP contribution in [0.1, 0.15) is 60.8 Å².